The molecule has 0 spiro atoms. The topological polar surface area (TPSA) is 71.4 Å². The van der Waals surface area contributed by atoms with Crippen molar-refractivity contribution >= 4 is 17.7 Å². The monoisotopic (exact) mass is 465 g/mol. The molecule has 0 bridgehead atoms. The Morgan fingerprint density at radius 1 is 0.971 bits per heavy atom. The molecule has 6 nitrogen and oxygen atoms in total. The van der Waals surface area contributed by atoms with Gasteiger partial charge in [0.15, 0.2) is 5.78 Å². The van der Waals surface area contributed by atoms with E-state index in [1.165, 1.54) is 6.92 Å². The van der Waals surface area contributed by atoms with Crippen LogP contribution < -0.4 is 5.32 Å². The third-order valence-electron chi connectivity index (χ3n) is 6.52. The van der Waals surface area contributed by atoms with Crippen LogP contribution in [-0.2, 0) is 10.3 Å². The van der Waals surface area contributed by atoms with Crippen molar-refractivity contribution < 1.29 is 23.2 Å². The van der Waals surface area contributed by atoms with E-state index in [-0.39, 0.29) is 5.56 Å². The Balaban J connectivity index is 1.63. The summed E-state index contributed by atoms with van der Waals surface area (Å²) < 4.78 is 30.1. The van der Waals surface area contributed by atoms with Crippen molar-refractivity contribution in [1.82, 2.24) is 14.8 Å². The number of amides is 3. The van der Waals surface area contributed by atoms with Gasteiger partial charge in [0.1, 0.15) is 17.2 Å². The molecule has 4 rings (SSSR count). The number of halogens is 2. The number of aromatic nitrogens is 1. The van der Waals surface area contributed by atoms with Gasteiger partial charge in [0.05, 0.1) is 6.54 Å². The van der Waals surface area contributed by atoms with Gasteiger partial charge in [-0.15, -0.1) is 0 Å². The Kier molecular flexibility index (Phi) is 5.63. The Bertz CT molecular complexity index is 1360. The highest BCUT2D eigenvalue weighted by molar-refractivity contribution is 6.11. The van der Waals surface area contributed by atoms with Gasteiger partial charge in [-0.3, -0.25) is 14.5 Å². The molecule has 0 saturated carbocycles. The van der Waals surface area contributed by atoms with Crippen molar-refractivity contribution in [2.45, 2.75) is 40.2 Å². The van der Waals surface area contributed by atoms with E-state index in [9.17, 15) is 23.2 Å². The zero-order chi connectivity index (χ0) is 24.9. The number of carbonyl (C=O) groups excluding carboxylic acids is 3. The van der Waals surface area contributed by atoms with Crippen LogP contribution in [0.3, 0.4) is 0 Å². The highest BCUT2D eigenvalue weighted by Gasteiger charge is 2.51. The van der Waals surface area contributed by atoms with Crippen molar-refractivity contribution in [2.24, 2.45) is 0 Å². The van der Waals surface area contributed by atoms with Gasteiger partial charge >= 0.3 is 6.03 Å². The summed E-state index contributed by atoms with van der Waals surface area (Å²) in [5.74, 6) is -2.83. The highest BCUT2D eigenvalue weighted by atomic mass is 19.1. The van der Waals surface area contributed by atoms with Gasteiger partial charge in [-0.1, -0.05) is 6.07 Å². The average molecular weight is 466 g/mol. The summed E-state index contributed by atoms with van der Waals surface area (Å²) in [6.07, 6.45) is 0. The van der Waals surface area contributed by atoms with Gasteiger partial charge in [0.2, 0.25) is 0 Å². The Morgan fingerprint density at radius 3 is 2.35 bits per heavy atom. The predicted molar refractivity (Wildman–Crippen MR) is 123 cm³/mol. The van der Waals surface area contributed by atoms with Gasteiger partial charge in [0, 0.05) is 28.2 Å². The fraction of sp³-hybridized carbons (Fsp3) is 0.269. The highest BCUT2D eigenvalue weighted by Crippen LogP contribution is 2.32. The molecule has 0 aliphatic carbocycles. The number of hydrogen-bond donors (Lipinski definition) is 1. The Labute approximate surface area is 196 Å². The first-order chi connectivity index (χ1) is 15.9. The molecule has 34 heavy (non-hydrogen) atoms. The summed E-state index contributed by atoms with van der Waals surface area (Å²) in [6, 6.07) is 9.57. The summed E-state index contributed by atoms with van der Waals surface area (Å²) in [5, 5.41) is 2.41. The number of Topliss-reactive ketones (excluding diaryl/α,β-unsaturated/α-hetero) is 1. The van der Waals surface area contributed by atoms with Gasteiger partial charge in [0.25, 0.3) is 5.91 Å². The van der Waals surface area contributed by atoms with Crippen LogP contribution >= 0.6 is 0 Å². The van der Waals surface area contributed by atoms with E-state index in [0.717, 1.165) is 45.6 Å². The maximum Gasteiger partial charge on any atom is 0.325 e. The molecule has 2 aromatic carbocycles. The lowest BCUT2D eigenvalue weighted by Gasteiger charge is -2.22. The molecule has 8 heteroatoms. The number of carbonyl (C=O) groups is 3. The molecule has 1 aromatic heterocycles. The lowest BCUT2D eigenvalue weighted by Crippen LogP contribution is -2.42. The molecule has 1 saturated heterocycles. The van der Waals surface area contributed by atoms with Crippen LogP contribution in [-0.4, -0.2) is 33.7 Å². The molecule has 3 aromatic rings. The van der Waals surface area contributed by atoms with Crippen LogP contribution in [0.4, 0.5) is 13.6 Å². The van der Waals surface area contributed by atoms with E-state index in [2.05, 4.69) is 5.32 Å². The molecule has 1 aliphatic heterocycles. The summed E-state index contributed by atoms with van der Waals surface area (Å²) in [6.45, 7) is 8.47. The molecule has 2 heterocycles. The number of benzene rings is 2. The molecule has 1 aliphatic rings. The number of aryl methyl sites for hydroxylation is 3. The van der Waals surface area contributed by atoms with Crippen LogP contribution in [0.15, 0.2) is 42.5 Å². The minimum Gasteiger partial charge on any atom is -0.319 e. The molecule has 1 N–H and O–H groups in total. The van der Waals surface area contributed by atoms with Crippen molar-refractivity contribution in [3.63, 3.8) is 0 Å². The number of urea groups is 1. The maximum atomic E-state index is 14.4. The average Bonchev–Trinajstić information content (AvgIpc) is 3.19. The number of hydrogen-bond acceptors (Lipinski definition) is 3. The fourth-order valence-electron chi connectivity index (χ4n) is 4.44. The number of imide groups is 1. The Hall–Kier alpha value is -3.81. The molecular weight excluding hydrogens is 440 g/mol. The summed E-state index contributed by atoms with van der Waals surface area (Å²) >= 11 is 0. The van der Waals surface area contributed by atoms with Crippen LogP contribution in [0.2, 0.25) is 0 Å². The van der Waals surface area contributed by atoms with Crippen molar-refractivity contribution in [2.75, 3.05) is 6.54 Å². The first kappa shape index (κ1) is 23.4. The van der Waals surface area contributed by atoms with E-state index < -0.39 is 41.4 Å². The number of rotatable bonds is 5. The van der Waals surface area contributed by atoms with Gasteiger partial charge in [-0.05, 0) is 82.1 Å². The van der Waals surface area contributed by atoms with Crippen LogP contribution in [0, 0.1) is 39.3 Å². The number of nitrogens with one attached hydrogen (secondary N) is 1. The van der Waals surface area contributed by atoms with Crippen LogP contribution in [0.1, 0.15) is 45.4 Å². The SMILES string of the molecule is Cc1ccc(-n2c(C)cc(C(=O)CN3C(=O)NC(C)(c4cc(F)ccc4F)C3=O)c2C)cc1C. The number of ketones is 1. The van der Waals surface area contributed by atoms with Gasteiger partial charge in [-0.25, -0.2) is 13.6 Å². The van der Waals surface area contributed by atoms with E-state index >= 15 is 0 Å². The summed E-state index contributed by atoms with van der Waals surface area (Å²) in [4.78, 5) is 39.6. The third kappa shape index (κ3) is 3.69. The van der Waals surface area contributed by atoms with Crippen molar-refractivity contribution in [3.8, 4) is 5.69 Å². The molecule has 1 unspecified atom stereocenters. The standard InChI is InChI=1S/C26H25F2N3O3/c1-14-6-8-19(10-15(14)2)31-16(3)11-20(17(31)4)23(32)13-30-24(33)26(5,29-25(30)34)21-12-18(27)7-9-22(21)28/h6-12H,13H2,1-5H3,(H,29,34). The predicted octanol–water partition coefficient (Wildman–Crippen LogP) is 4.64. The van der Waals surface area contributed by atoms with Crippen molar-refractivity contribution in [1.29, 1.82) is 0 Å². The first-order valence-corrected chi connectivity index (χ1v) is 10.8. The fourth-order valence-corrected chi connectivity index (χ4v) is 4.44. The lowest BCUT2D eigenvalue weighted by molar-refractivity contribution is -0.130. The second-order valence-corrected chi connectivity index (χ2v) is 8.88. The molecule has 0 radical (unpaired) electrons. The molecule has 176 valence electrons. The quantitative estimate of drug-likeness (QED) is 0.441. The maximum absolute atomic E-state index is 14.4. The third-order valence-corrected chi connectivity index (χ3v) is 6.52. The van der Waals surface area contributed by atoms with E-state index in [0.29, 0.717) is 11.3 Å². The Morgan fingerprint density at radius 2 is 1.68 bits per heavy atom. The molecule has 1 atom stereocenters. The lowest BCUT2D eigenvalue weighted by atomic mass is 9.91. The molecular formula is C26H25F2N3O3. The van der Waals surface area contributed by atoms with Gasteiger partial charge in [-0.2, -0.15) is 0 Å². The first-order valence-electron chi connectivity index (χ1n) is 10.8. The van der Waals surface area contributed by atoms with Crippen LogP contribution in [0.25, 0.3) is 5.69 Å². The minimum atomic E-state index is -1.82. The molecule has 3 amide bonds. The largest absolute Gasteiger partial charge is 0.325 e. The summed E-state index contributed by atoms with van der Waals surface area (Å²) in [5.41, 5.74) is 2.93. The van der Waals surface area contributed by atoms with Crippen molar-refractivity contribution in [3.05, 3.63) is 87.7 Å². The normalized spacial score (nSPS) is 17.9. The molecule has 1 fully saturated rings. The van der Waals surface area contributed by atoms with E-state index in [1.807, 2.05) is 43.5 Å². The second-order valence-electron chi connectivity index (χ2n) is 8.88. The number of nitrogens with zero attached hydrogens (tertiary/aromatic N) is 2. The smallest absolute Gasteiger partial charge is 0.319 e. The summed E-state index contributed by atoms with van der Waals surface area (Å²) in [7, 11) is 0. The van der Waals surface area contributed by atoms with E-state index in [1.54, 1.807) is 13.0 Å². The second kappa shape index (κ2) is 8.20. The van der Waals surface area contributed by atoms with E-state index in [4.69, 9.17) is 0 Å². The minimum absolute atomic E-state index is 0.297. The zero-order valence-corrected chi connectivity index (χ0v) is 19.6. The van der Waals surface area contributed by atoms with Gasteiger partial charge < -0.3 is 9.88 Å². The zero-order valence-electron chi connectivity index (χ0n) is 19.6. The van der Waals surface area contributed by atoms with Crippen LogP contribution in [0.5, 0.6) is 0 Å².